The van der Waals surface area contributed by atoms with Gasteiger partial charge in [-0.1, -0.05) is 36.3 Å². The fourth-order valence-corrected chi connectivity index (χ4v) is 3.79. The molecule has 3 aromatic rings. The van der Waals surface area contributed by atoms with E-state index in [1.165, 1.54) is 0 Å². The third-order valence-corrected chi connectivity index (χ3v) is 5.55. The van der Waals surface area contributed by atoms with E-state index in [2.05, 4.69) is 15.9 Å². The lowest BCUT2D eigenvalue weighted by Gasteiger charge is -2.26. The number of carbonyl (C=O) groups is 1. The van der Waals surface area contributed by atoms with Gasteiger partial charge < -0.3 is 29.6 Å². The van der Waals surface area contributed by atoms with Gasteiger partial charge in [-0.3, -0.25) is 0 Å². The summed E-state index contributed by atoms with van der Waals surface area (Å²) in [4.78, 5) is 20.3. The zero-order chi connectivity index (χ0) is 22.9. The molecule has 10 heteroatoms. The van der Waals surface area contributed by atoms with Gasteiger partial charge in [-0.15, -0.1) is 6.42 Å². The van der Waals surface area contributed by atoms with Crippen LogP contribution in [-0.4, -0.2) is 44.1 Å². The third kappa shape index (κ3) is 4.08. The Morgan fingerprint density at radius 3 is 2.91 bits per heavy atom. The van der Waals surface area contributed by atoms with Gasteiger partial charge in [-0.25, -0.2) is 9.78 Å². The zero-order valence-corrected chi connectivity index (χ0v) is 17.9. The number of hydrogen-bond donors (Lipinski definition) is 2. The first kappa shape index (κ1) is 21.9. The molecule has 1 saturated heterocycles. The van der Waals surface area contributed by atoms with Crippen LogP contribution in [-0.2, 0) is 14.2 Å². The minimum absolute atomic E-state index is 0.0182. The summed E-state index contributed by atoms with van der Waals surface area (Å²) in [6, 6.07) is 10.9. The van der Waals surface area contributed by atoms with Gasteiger partial charge in [0.2, 0.25) is 5.28 Å². The minimum atomic E-state index is -1.56. The van der Waals surface area contributed by atoms with Crippen molar-refractivity contribution in [3.8, 4) is 12.3 Å². The van der Waals surface area contributed by atoms with Gasteiger partial charge in [0.1, 0.15) is 36.5 Å². The number of hydrogen-bond acceptors (Lipinski definition) is 8. The van der Waals surface area contributed by atoms with Crippen molar-refractivity contribution in [1.82, 2.24) is 14.5 Å². The summed E-state index contributed by atoms with van der Waals surface area (Å²) in [6.45, 7) is 1.33. The van der Waals surface area contributed by atoms with Gasteiger partial charge in [-0.05, 0) is 30.2 Å². The first-order chi connectivity index (χ1) is 15.3. The highest BCUT2D eigenvalue weighted by atomic mass is 35.5. The summed E-state index contributed by atoms with van der Waals surface area (Å²) in [6.07, 6.45) is 4.25. The van der Waals surface area contributed by atoms with E-state index in [9.17, 15) is 9.90 Å². The molecule has 3 heterocycles. The number of benzene rings is 1. The van der Waals surface area contributed by atoms with E-state index in [1.807, 2.05) is 30.3 Å². The van der Waals surface area contributed by atoms with Gasteiger partial charge in [0.25, 0.3) is 0 Å². The fourth-order valence-electron chi connectivity index (χ4n) is 3.62. The number of anilines is 1. The molecule has 0 bridgehead atoms. The lowest BCUT2D eigenvalue weighted by Crippen LogP contribution is -2.43. The maximum Gasteiger partial charge on any atom is 0.509 e. The van der Waals surface area contributed by atoms with Crippen LogP contribution in [0.2, 0.25) is 5.28 Å². The maximum absolute atomic E-state index is 12.2. The zero-order valence-electron chi connectivity index (χ0n) is 17.1. The summed E-state index contributed by atoms with van der Waals surface area (Å²) in [5, 5.41) is 11.2. The summed E-state index contributed by atoms with van der Waals surface area (Å²) < 4.78 is 18.1. The van der Waals surface area contributed by atoms with Gasteiger partial charge in [0.15, 0.2) is 5.60 Å². The van der Waals surface area contributed by atoms with E-state index in [4.69, 9.17) is 38.0 Å². The number of aliphatic hydroxyl groups is 1. The molecule has 32 heavy (non-hydrogen) atoms. The fraction of sp³-hybridized carbons (Fsp3) is 0.318. The highest BCUT2D eigenvalue weighted by Crippen LogP contribution is 2.39. The average Bonchev–Trinajstić information content (AvgIpc) is 3.34. The molecule has 0 amide bonds. The molecule has 0 aliphatic carbocycles. The SMILES string of the molecule is C#C[C@]1(COC(=O)O[C@H](C)c2ccccc2)O[C@@H](n2ccc3c(N)nc(Cl)nc32)C[C@@H]1O. The molecule has 1 aromatic carbocycles. The third-order valence-electron chi connectivity index (χ3n) is 5.38. The van der Waals surface area contributed by atoms with Gasteiger partial charge in [0.05, 0.1) is 5.39 Å². The monoisotopic (exact) mass is 456 g/mol. The molecule has 9 nitrogen and oxygen atoms in total. The molecule has 1 aliphatic rings. The molecule has 0 radical (unpaired) electrons. The number of aliphatic hydroxyl groups excluding tert-OH is 1. The molecule has 0 unspecified atom stereocenters. The van der Waals surface area contributed by atoms with Crippen molar-refractivity contribution in [2.24, 2.45) is 0 Å². The van der Waals surface area contributed by atoms with Crippen LogP contribution in [0.15, 0.2) is 42.6 Å². The van der Waals surface area contributed by atoms with Crippen LogP contribution < -0.4 is 5.73 Å². The number of ether oxygens (including phenoxy) is 3. The first-order valence-electron chi connectivity index (χ1n) is 9.84. The van der Waals surface area contributed by atoms with Gasteiger partial charge in [0, 0.05) is 12.6 Å². The van der Waals surface area contributed by atoms with Crippen LogP contribution in [0.5, 0.6) is 0 Å². The summed E-state index contributed by atoms with van der Waals surface area (Å²) in [7, 11) is 0. The van der Waals surface area contributed by atoms with E-state index in [-0.39, 0.29) is 17.5 Å². The number of halogens is 1. The minimum Gasteiger partial charge on any atom is -0.430 e. The standard InChI is InChI=1S/C22H21ClN4O5/c1-3-22(12-30-21(29)31-13(2)14-7-5-4-6-8-14)16(28)11-17(32-22)27-10-9-15-18(24)25-20(23)26-19(15)27/h1,4-10,13,16-17,28H,11-12H2,2H3,(H2,24,25,26)/t13-,16+,17-,22-/m1/s1. The van der Waals surface area contributed by atoms with Crippen molar-refractivity contribution in [3.05, 3.63) is 53.4 Å². The predicted octanol–water partition coefficient (Wildman–Crippen LogP) is 3.23. The lowest BCUT2D eigenvalue weighted by molar-refractivity contribution is -0.100. The second kappa shape index (κ2) is 8.67. The Morgan fingerprint density at radius 1 is 1.44 bits per heavy atom. The highest BCUT2D eigenvalue weighted by molar-refractivity contribution is 6.28. The van der Waals surface area contributed by atoms with Crippen molar-refractivity contribution in [3.63, 3.8) is 0 Å². The van der Waals surface area contributed by atoms with Crippen molar-refractivity contribution >= 4 is 34.6 Å². The van der Waals surface area contributed by atoms with E-state index in [0.29, 0.717) is 11.0 Å². The highest BCUT2D eigenvalue weighted by Gasteiger charge is 2.49. The van der Waals surface area contributed by atoms with E-state index in [1.54, 1.807) is 23.8 Å². The topological polar surface area (TPSA) is 122 Å². The Balaban J connectivity index is 1.46. The molecule has 2 aromatic heterocycles. The van der Waals surface area contributed by atoms with Crippen molar-refractivity contribution < 1.29 is 24.1 Å². The molecule has 4 atom stereocenters. The first-order valence-corrected chi connectivity index (χ1v) is 10.2. The number of nitrogens with two attached hydrogens (primary N) is 1. The van der Waals surface area contributed by atoms with Crippen molar-refractivity contribution in [1.29, 1.82) is 0 Å². The van der Waals surface area contributed by atoms with E-state index < -0.39 is 36.8 Å². The normalized spacial score (nSPS) is 23.6. The Morgan fingerprint density at radius 2 is 2.19 bits per heavy atom. The molecule has 0 spiro atoms. The lowest BCUT2D eigenvalue weighted by atomic mass is 9.99. The number of fused-ring (bicyclic) bond motifs is 1. The van der Waals surface area contributed by atoms with Gasteiger partial charge >= 0.3 is 6.16 Å². The smallest absolute Gasteiger partial charge is 0.430 e. The number of nitrogen functional groups attached to an aromatic ring is 1. The Kier molecular flexibility index (Phi) is 5.93. The molecule has 1 fully saturated rings. The maximum atomic E-state index is 12.2. The molecule has 4 rings (SSSR count). The number of nitrogens with zero attached hydrogens (tertiary/aromatic N) is 3. The van der Waals surface area contributed by atoms with Crippen LogP contribution in [0.3, 0.4) is 0 Å². The van der Waals surface area contributed by atoms with Crippen molar-refractivity contribution in [2.75, 3.05) is 12.3 Å². The number of carbonyl (C=O) groups excluding carboxylic acids is 1. The average molecular weight is 457 g/mol. The molecule has 3 N–H and O–H groups in total. The summed E-state index contributed by atoms with van der Waals surface area (Å²) in [5.74, 6) is 2.65. The van der Waals surface area contributed by atoms with Crippen LogP contribution in [0, 0.1) is 12.3 Å². The molecular formula is C22H21ClN4O5. The molecule has 1 aliphatic heterocycles. The van der Waals surface area contributed by atoms with E-state index in [0.717, 1.165) is 5.56 Å². The second-order valence-electron chi connectivity index (χ2n) is 7.41. The Hall–Kier alpha value is -3.32. The van der Waals surface area contributed by atoms with Crippen LogP contribution in [0.25, 0.3) is 11.0 Å². The molecule has 0 saturated carbocycles. The largest absolute Gasteiger partial charge is 0.509 e. The van der Waals surface area contributed by atoms with Crippen LogP contribution in [0.1, 0.15) is 31.2 Å². The van der Waals surface area contributed by atoms with Crippen molar-refractivity contribution in [2.45, 2.75) is 37.4 Å². The van der Waals surface area contributed by atoms with Crippen LogP contribution >= 0.6 is 11.6 Å². The second-order valence-corrected chi connectivity index (χ2v) is 7.74. The Labute approximate surface area is 189 Å². The van der Waals surface area contributed by atoms with Gasteiger partial charge in [-0.2, -0.15) is 4.98 Å². The molecule has 166 valence electrons. The molecular weight excluding hydrogens is 436 g/mol. The number of terminal acetylenes is 1. The summed E-state index contributed by atoms with van der Waals surface area (Å²) >= 11 is 5.93. The Bertz CT molecular complexity index is 1180. The van der Waals surface area contributed by atoms with E-state index >= 15 is 0 Å². The van der Waals surface area contributed by atoms with Crippen LogP contribution in [0.4, 0.5) is 10.6 Å². The number of aromatic nitrogens is 3. The quantitative estimate of drug-likeness (QED) is 0.341. The predicted molar refractivity (Wildman–Crippen MR) is 117 cm³/mol. The number of rotatable bonds is 5. The summed E-state index contributed by atoms with van der Waals surface area (Å²) in [5.41, 5.74) is 5.59.